The lowest BCUT2D eigenvalue weighted by atomic mass is 9.88. The Labute approximate surface area is 223 Å². The average molecular weight is 519 g/mol. The molecule has 4 aliphatic rings. The van der Waals surface area contributed by atoms with Crippen molar-refractivity contribution in [3.05, 3.63) is 47.3 Å². The molecule has 9 heteroatoms. The van der Waals surface area contributed by atoms with Crippen molar-refractivity contribution in [2.75, 3.05) is 11.9 Å². The summed E-state index contributed by atoms with van der Waals surface area (Å²) in [5.41, 5.74) is 3.55. The number of nitrogens with one attached hydrogen (secondary N) is 3. The molecule has 2 saturated carbocycles. The fourth-order valence-electron chi connectivity index (χ4n) is 6.55. The van der Waals surface area contributed by atoms with Crippen LogP contribution >= 0.6 is 0 Å². The summed E-state index contributed by atoms with van der Waals surface area (Å²) in [5, 5.41) is 13.5. The fourth-order valence-corrected chi connectivity index (χ4v) is 6.55. The molecular formula is C29H38N6O3. The number of carbonyl (C=O) groups excluding carboxylic acids is 3. The third-order valence-corrected chi connectivity index (χ3v) is 8.61. The Morgan fingerprint density at radius 2 is 1.82 bits per heavy atom. The van der Waals surface area contributed by atoms with Crippen molar-refractivity contribution in [2.45, 2.75) is 83.5 Å². The Kier molecular flexibility index (Phi) is 6.40. The second-order valence-corrected chi connectivity index (χ2v) is 11.9. The minimum atomic E-state index is -0.589. The van der Waals surface area contributed by atoms with Crippen molar-refractivity contribution in [3.8, 4) is 0 Å². The summed E-state index contributed by atoms with van der Waals surface area (Å²) in [4.78, 5) is 41.5. The smallest absolute Gasteiger partial charge is 0.318 e. The van der Waals surface area contributed by atoms with Gasteiger partial charge in [-0.3, -0.25) is 14.3 Å². The Hall–Kier alpha value is -3.36. The summed E-state index contributed by atoms with van der Waals surface area (Å²) in [6.45, 7) is 6.71. The van der Waals surface area contributed by atoms with Crippen LogP contribution in [-0.2, 0) is 11.2 Å². The largest absolute Gasteiger partial charge is 0.339 e. The van der Waals surface area contributed by atoms with Gasteiger partial charge < -0.3 is 20.9 Å². The molecular weight excluding hydrogens is 480 g/mol. The van der Waals surface area contributed by atoms with Crippen LogP contribution in [0, 0.1) is 17.8 Å². The van der Waals surface area contributed by atoms with E-state index >= 15 is 0 Å². The summed E-state index contributed by atoms with van der Waals surface area (Å²) in [6.07, 6.45) is 7.87. The highest BCUT2D eigenvalue weighted by atomic mass is 16.2. The second kappa shape index (κ2) is 9.75. The molecule has 4 amide bonds. The van der Waals surface area contributed by atoms with Gasteiger partial charge in [-0.1, -0.05) is 6.07 Å². The lowest BCUT2D eigenvalue weighted by Crippen LogP contribution is -2.50. The van der Waals surface area contributed by atoms with E-state index in [4.69, 9.17) is 0 Å². The van der Waals surface area contributed by atoms with Crippen molar-refractivity contribution >= 4 is 23.5 Å². The molecule has 1 aromatic heterocycles. The fraction of sp³-hybridized carbons (Fsp3) is 0.586. The molecule has 9 nitrogen and oxygen atoms in total. The highest BCUT2D eigenvalue weighted by Gasteiger charge is 2.48. The number of aryl methyl sites for hydroxylation is 1. The lowest BCUT2D eigenvalue weighted by Gasteiger charge is -2.28. The topological polar surface area (TPSA) is 108 Å². The molecule has 3 atom stereocenters. The molecule has 0 unspecified atom stereocenters. The second-order valence-electron chi connectivity index (χ2n) is 11.9. The highest BCUT2D eigenvalue weighted by molar-refractivity contribution is 6.01. The molecule has 3 fully saturated rings. The van der Waals surface area contributed by atoms with Crippen molar-refractivity contribution in [1.82, 2.24) is 25.3 Å². The molecule has 6 rings (SSSR count). The first-order valence-corrected chi connectivity index (χ1v) is 14.2. The van der Waals surface area contributed by atoms with E-state index in [-0.39, 0.29) is 41.9 Å². The number of hydrogen-bond acceptors (Lipinski definition) is 4. The van der Waals surface area contributed by atoms with Crippen LogP contribution in [0.1, 0.15) is 86.6 Å². The van der Waals surface area contributed by atoms with Gasteiger partial charge in [0.15, 0.2) is 0 Å². The zero-order chi connectivity index (χ0) is 26.6. The maximum atomic E-state index is 13.8. The highest BCUT2D eigenvalue weighted by Crippen LogP contribution is 2.51. The van der Waals surface area contributed by atoms with E-state index in [1.54, 1.807) is 16.9 Å². The molecule has 1 saturated heterocycles. The molecule has 1 aromatic carbocycles. The first-order chi connectivity index (χ1) is 18.3. The predicted octanol–water partition coefficient (Wildman–Crippen LogP) is 4.04. The zero-order valence-electron chi connectivity index (χ0n) is 22.4. The maximum absolute atomic E-state index is 13.8. The normalized spacial score (nSPS) is 23.5. The molecule has 0 radical (unpaired) electrons. The molecule has 3 N–H and O–H groups in total. The van der Waals surface area contributed by atoms with E-state index in [1.807, 2.05) is 43.9 Å². The number of hydrogen-bond donors (Lipinski definition) is 3. The first kappa shape index (κ1) is 24.9. The predicted molar refractivity (Wildman–Crippen MR) is 144 cm³/mol. The van der Waals surface area contributed by atoms with E-state index in [0.717, 1.165) is 49.8 Å². The number of fused-ring (bicyclic) bond motifs is 1. The molecule has 3 aliphatic carbocycles. The molecule has 2 heterocycles. The molecule has 0 bridgehead atoms. The minimum absolute atomic E-state index is 0.00341. The van der Waals surface area contributed by atoms with E-state index in [1.165, 1.54) is 5.56 Å². The Morgan fingerprint density at radius 1 is 1.08 bits per heavy atom. The number of anilines is 1. The van der Waals surface area contributed by atoms with Gasteiger partial charge in [-0.2, -0.15) is 5.10 Å². The van der Waals surface area contributed by atoms with Gasteiger partial charge in [0.05, 0.1) is 6.04 Å². The van der Waals surface area contributed by atoms with Crippen LogP contribution in [0.2, 0.25) is 0 Å². The van der Waals surface area contributed by atoms with Crippen LogP contribution in [-0.4, -0.2) is 51.2 Å². The summed E-state index contributed by atoms with van der Waals surface area (Å²) in [5.74, 6) is 0.730. The van der Waals surface area contributed by atoms with Gasteiger partial charge in [0, 0.05) is 30.5 Å². The SMILES string of the molecule is CC(C)n1nccc1C(=O)N[C@H](C(=O)Nc1ccc2c(c1)CC[C@@H]2N1C[C@@H](C)NC1=O)C(C1CC1)C1CC1. The number of nitrogens with zero attached hydrogens (tertiary/aromatic N) is 3. The Balaban J connectivity index is 1.21. The van der Waals surface area contributed by atoms with Crippen molar-refractivity contribution in [1.29, 1.82) is 0 Å². The van der Waals surface area contributed by atoms with Crippen LogP contribution in [0.5, 0.6) is 0 Å². The van der Waals surface area contributed by atoms with Crippen LogP contribution in [0.15, 0.2) is 30.5 Å². The number of rotatable bonds is 9. The van der Waals surface area contributed by atoms with E-state index < -0.39 is 6.04 Å². The van der Waals surface area contributed by atoms with E-state index in [9.17, 15) is 14.4 Å². The Bertz CT molecular complexity index is 1230. The summed E-state index contributed by atoms with van der Waals surface area (Å²) in [6, 6.07) is 7.42. The molecule has 38 heavy (non-hydrogen) atoms. The van der Waals surface area contributed by atoms with Crippen LogP contribution in [0.25, 0.3) is 0 Å². The third-order valence-electron chi connectivity index (χ3n) is 8.61. The van der Waals surface area contributed by atoms with Crippen molar-refractivity contribution < 1.29 is 14.4 Å². The lowest BCUT2D eigenvalue weighted by molar-refractivity contribution is -0.119. The molecule has 202 valence electrons. The van der Waals surface area contributed by atoms with Crippen LogP contribution < -0.4 is 16.0 Å². The number of carbonyl (C=O) groups is 3. The first-order valence-electron chi connectivity index (χ1n) is 14.2. The third kappa shape index (κ3) is 4.78. The van der Waals surface area contributed by atoms with E-state index in [0.29, 0.717) is 24.1 Å². The average Bonchev–Trinajstić information content (AvgIpc) is 3.77. The number of urea groups is 1. The van der Waals surface area contributed by atoms with Gasteiger partial charge >= 0.3 is 6.03 Å². The molecule has 0 spiro atoms. The standard InChI is InChI=1S/C29H38N6O3/c1-16(2)35-24(12-13-30-35)27(36)33-26(25(18-4-5-18)19-6-7-19)28(37)32-21-9-10-22-20(14-21)8-11-23(22)34-15-17(3)31-29(34)38/h9-10,12-14,16-19,23,25-26H,4-8,11,15H2,1-3H3,(H,31,38)(H,32,37)(H,33,36)/t17-,23+,26+/m1/s1. The van der Waals surface area contributed by atoms with Gasteiger partial charge in [-0.05, 0) is 106 Å². The van der Waals surface area contributed by atoms with Crippen LogP contribution in [0.4, 0.5) is 10.5 Å². The summed E-state index contributed by atoms with van der Waals surface area (Å²) >= 11 is 0. The van der Waals surface area contributed by atoms with Crippen LogP contribution in [0.3, 0.4) is 0 Å². The quantitative estimate of drug-likeness (QED) is 0.466. The minimum Gasteiger partial charge on any atom is -0.339 e. The maximum Gasteiger partial charge on any atom is 0.318 e. The summed E-state index contributed by atoms with van der Waals surface area (Å²) in [7, 11) is 0. The van der Waals surface area contributed by atoms with Crippen molar-refractivity contribution in [3.63, 3.8) is 0 Å². The van der Waals surface area contributed by atoms with Gasteiger partial charge in [0.25, 0.3) is 5.91 Å². The van der Waals surface area contributed by atoms with Gasteiger partial charge in [0.2, 0.25) is 5.91 Å². The van der Waals surface area contributed by atoms with Gasteiger partial charge in [-0.15, -0.1) is 0 Å². The zero-order valence-corrected chi connectivity index (χ0v) is 22.4. The number of benzene rings is 1. The number of amides is 4. The van der Waals surface area contributed by atoms with Crippen molar-refractivity contribution in [2.24, 2.45) is 17.8 Å². The van der Waals surface area contributed by atoms with Gasteiger partial charge in [-0.25, -0.2) is 4.79 Å². The van der Waals surface area contributed by atoms with Gasteiger partial charge in [0.1, 0.15) is 11.7 Å². The summed E-state index contributed by atoms with van der Waals surface area (Å²) < 4.78 is 1.70. The molecule has 2 aromatic rings. The van der Waals surface area contributed by atoms with E-state index in [2.05, 4.69) is 21.0 Å². The monoisotopic (exact) mass is 518 g/mol. The Morgan fingerprint density at radius 3 is 2.45 bits per heavy atom. The number of aromatic nitrogens is 2. The molecule has 1 aliphatic heterocycles.